The number of carbonyl (C=O) groups is 1. The highest BCUT2D eigenvalue weighted by Crippen LogP contribution is 2.30. The fraction of sp³-hybridized carbons (Fsp3) is 0.632. The van der Waals surface area contributed by atoms with Crippen molar-refractivity contribution in [3.8, 4) is 5.75 Å². The van der Waals surface area contributed by atoms with Crippen molar-refractivity contribution >= 4 is 11.6 Å². The third-order valence-corrected chi connectivity index (χ3v) is 5.98. The molecule has 3 saturated heterocycles. The first kappa shape index (κ1) is 15.8. The molecule has 1 N–H and O–H groups in total. The van der Waals surface area contributed by atoms with E-state index in [9.17, 15) is 4.79 Å². The van der Waals surface area contributed by atoms with Crippen molar-refractivity contribution in [1.29, 1.82) is 0 Å². The first-order chi connectivity index (χ1) is 11.7. The number of ether oxygens (including phenoxy) is 1. The van der Waals surface area contributed by atoms with Gasteiger partial charge in [0, 0.05) is 56.3 Å². The first-order valence-corrected chi connectivity index (χ1v) is 9.15. The van der Waals surface area contributed by atoms with Gasteiger partial charge in [0.1, 0.15) is 5.75 Å². The van der Waals surface area contributed by atoms with Crippen molar-refractivity contribution < 1.29 is 9.53 Å². The van der Waals surface area contributed by atoms with E-state index in [0.29, 0.717) is 18.0 Å². The lowest BCUT2D eigenvalue weighted by Gasteiger charge is -2.43. The van der Waals surface area contributed by atoms with Gasteiger partial charge in [-0.3, -0.25) is 9.69 Å². The Hall–Kier alpha value is -1.75. The summed E-state index contributed by atoms with van der Waals surface area (Å²) in [4.78, 5) is 16.7. The molecule has 24 heavy (non-hydrogen) atoms. The second-order valence-corrected chi connectivity index (χ2v) is 7.34. The van der Waals surface area contributed by atoms with Crippen molar-refractivity contribution in [3.05, 3.63) is 24.3 Å². The summed E-state index contributed by atoms with van der Waals surface area (Å²) in [6, 6.07) is 9.50. The molecule has 3 heterocycles. The van der Waals surface area contributed by atoms with Crippen LogP contribution in [-0.2, 0) is 4.79 Å². The number of amides is 1. The van der Waals surface area contributed by atoms with Gasteiger partial charge in [-0.25, -0.2) is 0 Å². The fourth-order valence-corrected chi connectivity index (χ4v) is 4.57. The molecule has 2 atom stereocenters. The molecule has 0 aliphatic carbocycles. The van der Waals surface area contributed by atoms with Gasteiger partial charge in [0.15, 0.2) is 0 Å². The second-order valence-electron chi connectivity index (χ2n) is 7.34. The number of nitrogens with one attached hydrogen (secondary N) is 1. The Kier molecular flexibility index (Phi) is 4.35. The van der Waals surface area contributed by atoms with E-state index in [2.05, 4.69) is 27.2 Å². The van der Waals surface area contributed by atoms with Crippen LogP contribution in [0.2, 0.25) is 0 Å². The Bertz CT molecular complexity index is 581. The maximum absolute atomic E-state index is 11.6. The molecule has 1 amide bonds. The number of fused-ring (bicyclic) bond motifs is 1. The molecule has 130 valence electrons. The molecule has 3 fully saturated rings. The summed E-state index contributed by atoms with van der Waals surface area (Å²) in [7, 11) is 1.71. The van der Waals surface area contributed by atoms with E-state index in [4.69, 9.17) is 4.74 Å². The zero-order valence-corrected chi connectivity index (χ0v) is 14.4. The lowest BCUT2D eigenvalue weighted by molar-refractivity contribution is -0.119. The van der Waals surface area contributed by atoms with Crippen LogP contribution in [0.15, 0.2) is 24.3 Å². The van der Waals surface area contributed by atoms with Crippen LogP contribution >= 0.6 is 0 Å². The third kappa shape index (κ3) is 3.09. The largest absolute Gasteiger partial charge is 0.497 e. The number of anilines is 1. The minimum Gasteiger partial charge on any atom is -0.497 e. The maximum Gasteiger partial charge on any atom is 0.220 e. The molecule has 0 saturated carbocycles. The third-order valence-electron chi connectivity index (χ3n) is 5.98. The Morgan fingerprint density at radius 1 is 1.08 bits per heavy atom. The predicted octanol–water partition coefficient (Wildman–Crippen LogP) is 1.87. The Morgan fingerprint density at radius 3 is 2.54 bits per heavy atom. The van der Waals surface area contributed by atoms with Gasteiger partial charge in [0.05, 0.1) is 7.11 Å². The highest BCUT2D eigenvalue weighted by molar-refractivity contribution is 5.79. The number of piperidine rings is 2. The first-order valence-electron chi connectivity index (χ1n) is 9.15. The molecule has 5 heteroatoms. The van der Waals surface area contributed by atoms with Gasteiger partial charge in [0.25, 0.3) is 0 Å². The van der Waals surface area contributed by atoms with E-state index in [0.717, 1.165) is 44.8 Å². The number of carbonyl (C=O) groups excluding carboxylic acids is 1. The van der Waals surface area contributed by atoms with Gasteiger partial charge in [-0.15, -0.1) is 0 Å². The summed E-state index contributed by atoms with van der Waals surface area (Å²) in [6.07, 6.45) is 4.27. The molecule has 5 nitrogen and oxygen atoms in total. The Balaban J connectivity index is 1.32. The van der Waals surface area contributed by atoms with Crippen LogP contribution in [0.25, 0.3) is 0 Å². The van der Waals surface area contributed by atoms with Crippen LogP contribution in [0, 0.1) is 5.92 Å². The number of rotatable bonds is 3. The normalized spacial score (nSPS) is 28.5. The number of nitrogens with zero attached hydrogens (tertiary/aromatic N) is 2. The van der Waals surface area contributed by atoms with E-state index in [-0.39, 0.29) is 5.91 Å². The monoisotopic (exact) mass is 329 g/mol. The summed E-state index contributed by atoms with van der Waals surface area (Å²) < 4.78 is 5.24. The summed E-state index contributed by atoms with van der Waals surface area (Å²) in [5.41, 5.74) is 1.29. The molecule has 0 aromatic heterocycles. The van der Waals surface area contributed by atoms with Crippen molar-refractivity contribution in [2.45, 2.75) is 37.8 Å². The minimum atomic E-state index is 0.251. The van der Waals surface area contributed by atoms with Gasteiger partial charge < -0.3 is 15.0 Å². The molecule has 0 bridgehead atoms. The number of methoxy groups -OCH3 is 1. The SMILES string of the molecule is COc1ccc(N2CCC(N3CC[C@@H]4NC(=O)C[C@@H]4C3)CC2)cc1. The van der Waals surface area contributed by atoms with E-state index >= 15 is 0 Å². The van der Waals surface area contributed by atoms with Crippen LogP contribution in [-0.4, -0.2) is 56.2 Å². The summed E-state index contributed by atoms with van der Waals surface area (Å²) in [5.74, 6) is 1.70. The molecule has 1 aromatic carbocycles. The average Bonchev–Trinajstić information content (AvgIpc) is 3.01. The van der Waals surface area contributed by atoms with Gasteiger partial charge in [0.2, 0.25) is 5.91 Å². The smallest absolute Gasteiger partial charge is 0.220 e. The van der Waals surface area contributed by atoms with E-state index in [1.165, 1.54) is 18.5 Å². The van der Waals surface area contributed by atoms with Crippen molar-refractivity contribution in [2.75, 3.05) is 38.2 Å². The number of likely N-dealkylation sites (tertiary alicyclic amines) is 1. The van der Waals surface area contributed by atoms with Gasteiger partial charge in [-0.2, -0.15) is 0 Å². The highest BCUT2D eigenvalue weighted by atomic mass is 16.5. The Morgan fingerprint density at radius 2 is 1.83 bits per heavy atom. The molecule has 1 aromatic rings. The van der Waals surface area contributed by atoms with Crippen LogP contribution in [0.3, 0.4) is 0 Å². The molecule has 0 unspecified atom stereocenters. The molecular weight excluding hydrogens is 302 g/mol. The van der Waals surface area contributed by atoms with Crippen LogP contribution in [0.5, 0.6) is 5.75 Å². The molecular formula is C19H27N3O2. The number of hydrogen-bond acceptors (Lipinski definition) is 4. The van der Waals surface area contributed by atoms with E-state index < -0.39 is 0 Å². The standard InChI is InChI=1S/C19H27N3O2/c1-24-17-4-2-15(3-5-17)21-9-6-16(7-10-21)22-11-8-18-14(13-22)12-19(23)20-18/h2-5,14,16,18H,6-13H2,1H3,(H,20,23)/t14-,18+/m1/s1. The number of hydrogen-bond donors (Lipinski definition) is 1. The minimum absolute atomic E-state index is 0.251. The fourth-order valence-electron chi connectivity index (χ4n) is 4.57. The average molecular weight is 329 g/mol. The van der Waals surface area contributed by atoms with Crippen molar-refractivity contribution in [3.63, 3.8) is 0 Å². The maximum atomic E-state index is 11.6. The highest BCUT2D eigenvalue weighted by Gasteiger charge is 2.39. The summed E-state index contributed by atoms with van der Waals surface area (Å²) in [5, 5.41) is 3.13. The van der Waals surface area contributed by atoms with E-state index in [1.54, 1.807) is 7.11 Å². The second kappa shape index (κ2) is 6.63. The van der Waals surface area contributed by atoms with E-state index in [1.807, 2.05) is 12.1 Å². The molecule has 3 aliphatic rings. The topological polar surface area (TPSA) is 44.8 Å². The Labute approximate surface area is 144 Å². The van der Waals surface area contributed by atoms with Crippen LogP contribution in [0.1, 0.15) is 25.7 Å². The zero-order valence-electron chi connectivity index (χ0n) is 14.4. The predicted molar refractivity (Wildman–Crippen MR) is 94.5 cm³/mol. The molecule has 0 radical (unpaired) electrons. The lowest BCUT2D eigenvalue weighted by Crippen LogP contribution is -2.52. The van der Waals surface area contributed by atoms with Crippen LogP contribution < -0.4 is 15.0 Å². The van der Waals surface area contributed by atoms with Crippen LogP contribution in [0.4, 0.5) is 5.69 Å². The number of benzene rings is 1. The van der Waals surface area contributed by atoms with Crippen molar-refractivity contribution in [2.24, 2.45) is 5.92 Å². The van der Waals surface area contributed by atoms with Gasteiger partial charge in [-0.1, -0.05) is 0 Å². The van der Waals surface area contributed by atoms with Crippen molar-refractivity contribution in [1.82, 2.24) is 10.2 Å². The van der Waals surface area contributed by atoms with Gasteiger partial charge >= 0.3 is 0 Å². The van der Waals surface area contributed by atoms with Gasteiger partial charge in [-0.05, 0) is 43.5 Å². The molecule has 3 aliphatic heterocycles. The molecule has 0 spiro atoms. The lowest BCUT2D eigenvalue weighted by atomic mass is 9.90. The zero-order chi connectivity index (χ0) is 16.5. The quantitative estimate of drug-likeness (QED) is 0.920. The summed E-state index contributed by atoms with van der Waals surface area (Å²) in [6.45, 7) is 4.45. The summed E-state index contributed by atoms with van der Waals surface area (Å²) >= 11 is 0. The molecule has 4 rings (SSSR count).